The van der Waals surface area contributed by atoms with E-state index in [4.69, 9.17) is 4.74 Å². The lowest BCUT2D eigenvalue weighted by Crippen LogP contribution is -2.57. The SMILES string of the molecule is CN=C(NCC(C(C)C)N1CCOCC1)N1CCN(c2cnn(C)c2)C(=O)C1. The first-order valence-electron chi connectivity index (χ1n) is 10.1. The number of nitrogens with zero attached hydrogens (tertiary/aromatic N) is 6. The van der Waals surface area contributed by atoms with E-state index in [0.29, 0.717) is 25.0 Å². The summed E-state index contributed by atoms with van der Waals surface area (Å²) in [5.74, 6) is 1.38. The first kappa shape index (κ1) is 20.6. The molecule has 9 heteroatoms. The second kappa shape index (κ2) is 9.38. The van der Waals surface area contributed by atoms with E-state index in [-0.39, 0.29) is 5.91 Å². The summed E-state index contributed by atoms with van der Waals surface area (Å²) < 4.78 is 7.20. The Bertz CT molecular complexity index is 682. The summed E-state index contributed by atoms with van der Waals surface area (Å²) in [4.78, 5) is 23.4. The second-order valence-corrected chi connectivity index (χ2v) is 7.73. The van der Waals surface area contributed by atoms with E-state index in [1.807, 2.05) is 18.1 Å². The molecular formula is C19H33N7O2. The lowest BCUT2D eigenvalue weighted by molar-refractivity contribution is -0.120. The van der Waals surface area contributed by atoms with Crippen LogP contribution in [0.15, 0.2) is 17.4 Å². The van der Waals surface area contributed by atoms with Gasteiger partial charge in [-0.15, -0.1) is 0 Å². The van der Waals surface area contributed by atoms with Gasteiger partial charge in [-0.3, -0.25) is 19.4 Å². The molecule has 156 valence electrons. The molecule has 1 N–H and O–H groups in total. The molecule has 9 nitrogen and oxygen atoms in total. The van der Waals surface area contributed by atoms with Crippen molar-refractivity contribution in [3.63, 3.8) is 0 Å². The Morgan fingerprint density at radius 1 is 1.29 bits per heavy atom. The third kappa shape index (κ3) is 4.82. The van der Waals surface area contributed by atoms with E-state index in [0.717, 1.165) is 51.0 Å². The van der Waals surface area contributed by atoms with Crippen LogP contribution in [-0.4, -0.2) is 97.0 Å². The Hall–Kier alpha value is -2.13. The standard InChI is InChI=1S/C19H33N7O2/c1-15(2)17(24-7-9-28-10-8-24)12-21-19(20-3)25-5-6-26(18(27)14-25)16-11-22-23(4)13-16/h11,13,15,17H,5-10,12,14H2,1-4H3,(H,20,21). The van der Waals surface area contributed by atoms with Crippen LogP contribution in [0.5, 0.6) is 0 Å². The highest BCUT2D eigenvalue weighted by Crippen LogP contribution is 2.16. The molecule has 1 amide bonds. The van der Waals surface area contributed by atoms with Gasteiger partial charge in [0.25, 0.3) is 0 Å². The number of ether oxygens (including phenoxy) is 1. The van der Waals surface area contributed by atoms with Crippen LogP contribution in [-0.2, 0) is 16.6 Å². The number of anilines is 1. The minimum Gasteiger partial charge on any atom is -0.379 e. The fourth-order valence-corrected chi connectivity index (χ4v) is 3.90. The van der Waals surface area contributed by atoms with Crippen molar-refractivity contribution < 1.29 is 9.53 Å². The normalized spacial score (nSPS) is 20.8. The van der Waals surface area contributed by atoms with Crippen LogP contribution in [0, 0.1) is 5.92 Å². The molecule has 2 fully saturated rings. The smallest absolute Gasteiger partial charge is 0.246 e. The number of aromatic nitrogens is 2. The summed E-state index contributed by atoms with van der Waals surface area (Å²) in [6, 6.07) is 0.410. The number of nitrogens with one attached hydrogen (secondary N) is 1. The van der Waals surface area contributed by atoms with Gasteiger partial charge in [0.1, 0.15) is 6.54 Å². The molecule has 1 aromatic rings. The average molecular weight is 392 g/mol. The molecule has 0 saturated carbocycles. The third-order valence-electron chi connectivity index (χ3n) is 5.49. The molecule has 3 heterocycles. The van der Waals surface area contributed by atoms with Gasteiger partial charge in [0, 0.05) is 59.1 Å². The molecule has 1 unspecified atom stereocenters. The number of hydrogen-bond acceptors (Lipinski definition) is 5. The van der Waals surface area contributed by atoms with Gasteiger partial charge in [0.15, 0.2) is 5.96 Å². The van der Waals surface area contributed by atoms with Crippen LogP contribution in [0.2, 0.25) is 0 Å². The average Bonchev–Trinajstić information content (AvgIpc) is 3.11. The second-order valence-electron chi connectivity index (χ2n) is 7.73. The number of carbonyl (C=O) groups is 1. The van der Waals surface area contributed by atoms with E-state index in [2.05, 4.69) is 34.2 Å². The van der Waals surface area contributed by atoms with Gasteiger partial charge in [-0.25, -0.2) is 0 Å². The number of carbonyl (C=O) groups excluding carboxylic acids is 1. The summed E-state index contributed by atoms with van der Waals surface area (Å²) in [6.07, 6.45) is 3.60. The molecule has 3 rings (SSSR count). The van der Waals surface area contributed by atoms with Crippen LogP contribution in [0.25, 0.3) is 0 Å². The maximum atomic E-state index is 12.7. The number of amides is 1. The van der Waals surface area contributed by atoms with Crippen molar-refractivity contribution in [1.82, 2.24) is 24.9 Å². The third-order valence-corrected chi connectivity index (χ3v) is 5.49. The lowest BCUT2D eigenvalue weighted by atomic mass is 10.0. The number of aryl methyl sites for hydroxylation is 1. The highest BCUT2D eigenvalue weighted by molar-refractivity contribution is 5.98. The molecule has 0 aromatic carbocycles. The van der Waals surface area contributed by atoms with E-state index in [1.165, 1.54) is 0 Å². The maximum absolute atomic E-state index is 12.7. The van der Waals surface area contributed by atoms with E-state index >= 15 is 0 Å². The topological polar surface area (TPSA) is 78.2 Å². The van der Waals surface area contributed by atoms with Crippen LogP contribution in [0.3, 0.4) is 0 Å². The number of piperazine rings is 1. The Balaban J connectivity index is 1.57. The lowest BCUT2D eigenvalue weighted by Gasteiger charge is -2.39. The quantitative estimate of drug-likeness (QED) is 0.562. The zero-order chi connectivity index (χ0) is 20.1. The number of aliphatic imine (C=N–C) groups is 1. The maximum Gasteiger partial charge on any atom is 0.246 e. The monoisotopic (exact) mass is 391 g/mol. The van der Waals surface area contributed by atoms with Gasteiger partial charge in [-0.05, 0) is 5.92 Å². The van der Waals surface area contributed by atoms with E-state index in [9.17, 15) is 4.79 Å². The summed E-state index contributed by atoms with van der Waals surface area (Å²) in [6.45, 7) is 10.5. The first-order valence-corrected chi connectivity index (χ1v) is 10.1. The predicted molar refractivity (Wildman–Crippen MR) is 110 cm³/mol. The molecule has 0 radical (unpaired) electrons. The highest BCUT2D eigenvalue weighted by Gasteiger charge is 2.29. The Kier molecular flexibility index (Phi) is 6.90. The molecule has 0 aliphatic carbocycles. The Labute approximate surface area is 167 Å². The molecule has 1 aromatic heterocycles. The summed E-state index contributed by atoms with van der Waals surface area (Å²) in [5.41, 5.74) is 0.849. The Morgan fingerprint density at radius 3 is 2.61 bits per heavy atom. The minimum atomic E-state index is 0.0655. The van der Waals surface area contributed by atoms with Crippen molar-refractivity contribution in [2.75, 3.05) is 64.4 Å². The number of morpholine rings is 1. The van der Waals surface area contributed by atoms with Crippen molar-refractivity contribution in [2.24, 2.45) is 18.0 Å². The van der Waals surface area contributed by atoms with Crippen LogP contribution in [0.1, 0.15) is 13.8 Å². The van der Waals surface area contributed by atoms with Crippen molar-refractivity contribution in [3.05, 3.63) is 12.4 Å². The number of rotatable bonds is 5. The molecule has 2 aliphatic rings. The van der Waals surface area contributed by atoms with Gasteiger partial charge < -0.3 is 19.9 Å². The number of hydrogen-bond donors (Lipinski definition) is 1. The Morgan fingerprint density at radius 2 is 2.04 bits per heavy atom. The molecule has 1 atom stereocenters. The zero-order valence-electron chi connectivity index (χ0n) is 17.5. The van der Waals surface area contributed by atoms with Crippen molar-refractivity contribution in [2.45, 2.75) is 19.9 Å². The van der Waals surface area contributed by atoms with Crippen molar-refractivity contribution in [3.8, 4) is 0 Å². The summed E-state index contributed by atoms with van der Waals surface area (Å²) >= 11 is 0. The molecule has 2 saturated heterocycles. The molecule has 28 heavy (non-hydrogen) atoms. The largest absolute Gasteiger partial charge is 0.379 e. The van der Waals surface area contributed by atoms with Crippen LogP contribution >= 0.6 is 0 Å². The fourth-order valence-electron chi connectivity index (χ4n) is 3.90. The van der Waals surface area contributed by atoms with E-state index in [1.54, 1.807) is 22.8 Å². The summed E-state index contributed by atoms with van der Waals surface area (Å²) in [5, 5.41) is 7.67. The molecule has 0 spiro atoms. The molecule has 2 aliphatic heterocycles. The minimum absolute atomic E-state index is 0.0655. The van der Waals surface area contributed by atoms with Gasteiger partial charge in [0.2, 0.25) is 5.91 Å². The number of guanidine groups is 1. The van der Waals surface area contributed by atoms with Crippen molar-refractivity contribution >= 4 is 17.6 Å². The predicted octanol–water partition coefficient (Wildman–Crippen LogP) is 0.000900. The van der Waals surface area contributed by atoms with Crippen LogP contribution in [0.4, 0.5) is 5.69 Å². The summed E-state index contributed by atoms with van der Waals surface area (Å²) in [7, 11) is 3.63. The van der Waals surface area contributed by atoms with Gasteiger partial charge >= 0.3 is 0 Å². The van der Waals surface area contributed by atoms with Gasteiger partial charge in [-0.2, -0.15) is 5.10 Å². The van der Waals surface area contributed by atoms with Crippen molar-refractivity contribution in [1.29, 1.82) is 0 Å². The van der Waals surface area contributed by atoms with Crippen LogP contribution < -0.4 is 10.2 Å². The highest BCUT2D eigenvalue weighted by atomic mass is 16.5. The van der Waals surface area contributed by atoms with Gasteiger partial charge in [0.05, 0.1) is 25.1 Å². The van der Waals surface area contributed by atoms with Gasteiger partial charge in [-0.1, -0.05) is 13.8 Å². The molecular weight excluding hydrogens is 358 g/mol. The molecule has 0 bridgehead atoms. The zero-order valence-corrected chi connectivity index (χ0v) is 17.5. The van der Waals surface area contributed by atoms with E-state index < -0.39 is 0 Å². The fraction of sp³-hybridized carbons (Fsp3) is 0.737. The first-order chi connectivity index (χ1) is 13.5.